The molecule has 0 aliphatic heterocycles. The lowest BCUT2D eigenvalue weighted by Crippen LogP contribution is -2.36. The van der Waals surface area contributed by atoms with Gasteiger partial charge >= 0.3 is 0 Å². The summed E-state index contributed by atoms with van der Waals surface area (Å²) in [5.41, 5.74) is 0.430. The van der Waals surface area contributed by atoms with E-state index in [1.807, 2.05) is 0 Å². The van der Waals surface area contributed by atoms with E-state index in [4.69, 9.17) is 11.6 Å². The van der Waals surface area contributed by atoms with E-state index in [-0.39, 0.29) is 28.2 Å². The second-order valence-corrected chi connectivity index (χ2v) is 7.14. The molecule has 28 heavy (non-hydrogen) atoms. The molecular formula is C20H20ClN3O4. The number of benzene rings is 2. The highest BCUT2D eigenvalue weighted by Gasteiger charge is 2.20. The van der Waals surface area contributed by atoms with Crippen molar-refractivity contribution in [2.24, 2.45) is 0 Å². The Morgan fingerprint density at radius 2 is 1.75 bits per heavy atom. The van der Waals surface area contributed by atoms with E-state index in [0.29, 0.717) is 11.3 Å². The predicted molar refractivity (Wildman–Crippen MR) is 107 cm³/mol. The molecule has 2 aromatic carbocycles. The van der Waals surface area contributed by atoms with Crippen molar-refractivity contribution in [2.45, 2.75) is 38.1 Å². The van der Waals surface area contributed by atoms with Crippen molar-refractivity contribution in [3.05, 3.63) is 68.7 Å². The average molecular weight is 402 g/mol. The van der Waals surface area contributed by atoms with Gasteiger partial charge in [-0.2, -0.15) is 0 Å². The van der Waals surface area contributed by atoms with Crippen LogP contribution in [0.3, 0.4) is 0 Å². The first kappa shape index (κ1) is 19.8. The van der Waals surface area contributed by atoms with Gasteiger partial charge in [-0.25, -0.2) is 0 Å². The molecule has 0 bridgehead atoms. The monoisotopic (exact) mass is 401 g/mol. The number of para-hydroxylation sites is 1. The van der Waals surface area contributed by atoms with Crippen LogP contribution in [-0.4, -0.2) is 22.8 Å². The fourth-order valence-electron chi connectivity index (χ4n) is 3.29. The number of carbonyl (C=O) groups excluding carboxylic acids is 2. The van der Waals surface area contributed by atoms with Crippen LogP contribution in [0.4, 0.5) is 11.4 Å². The van der Waals surface area contributed by atoms with Crippen molar-refractivity contribution < 1.29 is 14.5 Å². The number of hydrogen-bond donors (Lipinski definition) is 2. The van der Waals surface area contributed by atoms with Gasteiger partial charge in [0.25, 0.3) is 17.5 Å². The summed E-state index contributed by atoms with van der Waals surface area (Å²) in [4.78, 5) is 35.6. The summed E-state index contributed by atoms with van der Waals surface area (Å²) in [6.07, 6.45) is 5.28. The molecule has 1 fully saturated rings. The van der Waals surface area contributed by atoms with Gasteiger partial charge < -0.3 is 10.6 Å². The zero-order valence-electron chi connectivity index (χ0n) is 15.1. The van der Waals surface area contributed by atoms with Gasteiger partial charge in [0.2, 0.25) is 0 Å². The van der Waals surface area contributed by atoms with Crippen LogP contribution in [0, 0.1) is 10.1 Å². The van der Waals surface area contributed by atoms with Gasteiger partial charge in [-0.15, -0.1) is 0 Å². The lowest BCUT2D eigenvalue weighted by Gasteiger charge is -2.23. The van der Waals surface area contributed by atoms with Crippen molar-refractivity contribution in [3.8, 4) is 0 Å². The number of hydrogen-bond acceptors (Lipinski definition) is 4. The maximum Gasteiger partial charge on any atom is 0.288 e. The first-order valence-electron chi connectivity index (χ1n) is 9.11. The van der Waals surface area contributed by atoms with Gasteiger partial charge in [0.05, 0.1) is 16.2 Å². The number of rotatable bonds is 5. The van der Waals surface area contributed by atoms with Crippen molar-refractivity contribution in [3.63, 3.8) is 0 Å². The lowest BCUT2D eigenvalue weighted by molar-refractivity contribution is -0.384. The van der Waals surface area contributed by atoms with Gasteiger partial charge in [0.15, 0.2) is 0 Å². The molecule has 0 saturated heterocycles. The Hall–Kier alpha value is -2.93. The van der Waals surface area contributed by atoms with E-state index in [9.17, 15) is 19.7 Å². The molecule has 2 aromatic rings. The quantitative estimate of drug-likeness (QED) is 0.566. The zero-order chi connectivity index (χ0) is 20.1. The van der Waals surface area contributed by atoms with E-state index in [2.05, 4.69) is 10.6 Å². The van der Waals surface area contributed by atoms with E-state index in [0.717, 1.165) is 31.7 Å². The molecule has 2 N–H and O–H groups in total. The highest BCUT2D eigenvalue weighted by molar-refractivity contribution is 6.32. The molecule has 0 heterocycles. The number of anilines is 1. The lowest BCUT2D eigenvalue weighted by atomic mass is 9.95. The third-order valence-electron chi connectivity index (χ3n) is 4.77. The van der Waals surface area contributed by atoms with Crippen LogP contribution in [0.15, 0.2) is 42.5 Å². The van der Waals surface area contributed by atoms with Crippen molar-refractivity contribution in [1.82, 2.24) is 5.32 Å². The summed E-state index contributed by atoms with van der Waals surface area (Å²) in [6.45, 7) is 0. The van der Waals surface area contributed by atoms with Gasteiger partial charge in [-0.1, -0.05) is 43.0 Å². The number of nitrogens with zero attached hydrogens (tertiary/aromatic N) is 1. The number of carbonyl (C=O) groups is 2. The minimum atomic E-state index is -0.648. The van der Waals surface area contributed by atoms with Crippen molar-refractivity contribution in [2.75, 3.05) is 5.32 Å². The zero-order valence-corrected chi connectivity index (χ0v) is 15.9. The topological polar surface area (TPSA) is 101 Å². The maximum atomic E-state index is 12.7. The van der Waals surface area contributed by atoms with Gasteiger partial charge in [0.1, 0.15) is 5.02 Å². The molecule has 0 atom stereocenters. The summed E-state index contributed by atoms with van der Waals surface area (Å²) in [7, 11) is 0. The number of halogens is 1. The molecule has 0 unspecified atom stereocenters. The molecule has 146 valence electrons. The van der Waals surface area contributed by atoms with Crippen LogP contribution < -0.4 is 10.6 Å². The van der Waals surface area contributed by atoms with Crippen LogP contribution in [-0.2, 0) is 0 Å². The Morgan fingerprint density at radius 3 is 2.46 bits per heavy atom. The largest absolute Gasteiger partial charge is 0.349 e. The fraction of sp³-hybridized carbons (Fsp3) is 0.300. The van der Waals surface area contributed by atoms with Gasteiger partial charge in [0, 0.05) is 17.7 Å². The molecule has 0 radical (unpaired) electrons. The third-order valence-corrected chi connectivity index (χ3v) is 5.08. The summed E-state index contributed by atoms with van der Waals surface area (Å²) in [5.74, 6) is -0.803. The fourth-order valence-corrected chi connectivity index (χ4v) is 3.48. The molecule has 3 rings (SSSR count). The molecule has 1 aliphatic rings. The van der Waals surface area contributed by atoms with Crippen molar-refractivity contribution in [1.29, 1.82) is 0 Å². The first-order valence-corrected chi connectivity index (χ1v) is 9.48. The molecule has 1 saturated carbocycles. The summed E-state index contributed by atoms with van der Waals surface area (Å²) in [5, 5.41) is 16.7. The number of nitro benzene ring substituents is 1. The summed E-state index contributed by atoms with van der Waals surface area (Å²) in [6, 6.07) is 10.6. The Labute approximate surface area is 167 Å². The summed E-state index contributed by atoms with van der Waals surface area (Å²) < 4.78 is 0. The Bertz CT molecular complexity index is 910. The maximum absolute atomic E-state index is 12.7. The van der Waals surface area contributed by atoms with Gasteiger partial charge in [-0.3, -0.25) is 19.7 Å². The molecular weight excluding hydrogens is 382 g/mol. The second kappa shape index (κ2) is 8.84. The van der Waals surface area contributed by atoms with E-state index in [1.54, 1.807) is 24.3 Å². The van der Waals surface area contributed by atoms with Gasteiger partial charge in [-0.05, 0) is 37.1 Å². The predicted octanol–water partition coefficient (Wildman–Crippen LogP) is 4.56. The number of amides is 2. The van der Waals surface area contributed by atoms with E-state index < -0.39 is 10.8 Å². The Kier molecular flexibility index (Phi) is 6.26. The number of nitrogens with one attached hydrogen (secondary N) is 2. The SMILES string of the molecule is O=C(Nc1ccccc1C(=O)NC1CCCCC1)c1ccc(Cl)c([N+](=O)[O-])c1. The van der Waals surface area contributed by atoms with E-state index >= 15 is 0 Å². The van der Waals surface area contributed by atoms with Crippen LogP contribution in [0.2, 0.25) is 5.02 Å². The van der Waals surface area contributed by atoms with Crippen LogP contribution >= 0.6 is 11.6 Å². The molecule has 8 heteroatoms. The minimum absolute atomic E-state index is 0.0474. The smallest absolute Gasteiger partial charge is 0.288 e. The minimum Gasteiger partial charge on any atom is -0.349 e. The molecule has 1 aliphatic carbocycles. The highest BCUT2D eigenvalue weighted by Crippen LogP contribution is 2.26. The molecule has 0 aromatic heterocycles. The molecule has 0 spiro atoms. The summed E-state index contributed by atoms with van der Waals surface area (Å²) >= 11 is 5.79. The van der Waals surface area contributed by atoms with Crippen LogP contribution in [0.1, 0.15) is 52.8 Å². The average Bonchev–Trinajstić information content (AvgIpc) is 2.69. The Balaban J connectivity index is 1.77. The second-order valence-electron chi connectivity index (χ2n) is 6.73. The standard InChI is InChI=1S/C20H20ClN3O4/c21-16-11-10-13(12-18(16)24(27)28)19(25)23-17-9-5-4-8-15(17)20(26)22-14-6-2-1-3-7-14/h4-5,8-12,14H,1-3,6-7H2,(H,22,26)(H,23,25). The van der Waals surface area contributed by atoms with Crippen LogP contribution in [0.25, 0.3) is 0 Å². The Morgan fingerprint density at radius 1 is 1.04 bits per heavy atom. The normalized spacial score (nSPS) is 14.3. The van der Waals surface area contributed by atoms with Crippen LogP contribution in [0.5, 0.6) is 0 Å². The molecule has 7 nitrogen and oxygen atoms in total. The first-order chi connectivity index (χ1) is 13.5. The number of nitro groups is 1. The van der Waals surface area contributed by atoms with E-state index in [1.165, 1.54) is 18.6 Å². The van der Waals surface area contributed by atoms with Crippen molar-refractivity contribution >= 4 is 34.8 Å². The third kappa shape index (κ3) is 4.67. The molecule has 2 amide bonds. The highest BCUT2D eigenvalue weighted by atomic mass is 35.5.